The van der Waals surface area contributed by atoms with Gasteiger partial charge in [0.05, 0.1) is 15.9 Å². The smallest absolute Gasteiger partial charge is 0.240 e. The van der Waals surface area contributed by atoms with E-state index in [4.69, 9.17) is 0 Å². The van der Waals surface area contributed by atoms with Crippen LogP contribution in [0.3, 0.4) is 0 Å². The van der Waals surface area contributed by atoms with Crippen molar-refractivity contribution in [1.82, 2.24) is 14.7 Å². The lowest BCUT2D eigenvalue weighted by Crippen LogP contribution is -2.24. The highest BCUT2D eigenvalue weighted by Crippen LogP contribution is 2.16. The number of rotatable bonds is 9. The number of benzene rings is 2. The molecule has 148 valence electrons. The lowest BCUT2D eigenvalue weighted by atomic mass is 10.2. The van der Waals surface area contributed by atoms with Crippen molar-refractivity contribution in [1.29, 1.82) is 0 Å². The Hall–Kier alpha value is -2.71. The lowest BCUT2D eigenvalue weighted by molar-refractivity contribution is -0.116. The van der Waals surface area contributed by atoms with Crippen molar-refractivity contribution in [3.8, 4) is 0 Å². The van der Waals surface area contributed by atoms with E-state index in [0.29, 0.717) is 18.7 Å². The molecule has 0 saturated carbocycles. The Balaban J connectivity index is 1.59. The quantitative estimate of drug-likeness (QED) is 0.480. The maximum Gasteiger partial charge on any atom is 0.240 e. The Morgan fingerprint density at radius 3 is 2.75 bits per heavy atom. The van der Waals surface area contributed by atoms with Crippen molar-refractivity contribution < 1.29 is 13.2 Å². The number of hydrogen-bond acceptors (Lipinski definition) is 4. The molecule has 7 nitrogen and oxygen atoms in total. The van der Waals surface area contributed by atoms with E-state index >= 15 is 0 Å². The fourth-order valence-electron chi connectivity index (χ4n) is 2.79. The van der Waals surface area contributed by atoms with Gasteiger partial charge in [-0.15, -0.1) is 0 Å². The minimum absolute atomic E-state index is 0.138. The molecule has 0 aliphatic carbocycles. The molecular weight excluding hydrogens is 376 g/mol. The summed E-state index contributed by atoms with van der Waals surface area (Å²) in [6, 6.07) is 14.0. The van der Waals surface area contributed by atoms with E-state index in [-0.39, 0.29) is 17.2 Å². The van der Waals surface area contributed by atoms with E-state index in [1.807, 2.05) is 31.2 Å². The zero-order chi connectivity index (χ0) is 20.0. The van der Waals surface area contributed by atoms with E-state index in [1.165, 1.54) is 12.1 Å². The number of nitrogens with zero attached hydrogens (tertiary/aromatic N) is 1. The van der Waals surface area contributed by atoms with Crippen LogP contribution >= 0.6 is 0 Å². The summed E-state index contributed by atoms with van der Waals surface area (Å²) in [6.07, 6.45) is 2.39. The van der Waals surface area contributed by atoms with Crippen LogP contribution in [0.2, 0.25) is 0 Å². The summed E-state index contributed by atoms with van der Waals surface area (Å²) in [5.41, 5.74) is 2.26. The van der Waals surface area contributed by atoms with Crippen LogP contribution in [0.4, 0.5) is 5.69 Å². The largest absolute Gasteiger partial charge is 0.342 e. The summed E-state index contributed by atoms with van der Waals surface area (Å²) in [7, 11) is -3.58. The van der Waals surface area contributed by atoms with Crippen molar-refractivity contribution >= 4 is 32.7 Å². The molecule has 0 bridgehead atoms. The van der Waals surface area contributed by atoms with Crippen molar-refractivity contribution in [2.45, 2.75) is 37.5 Å². The summed E-state index contributed by atoms with van der Waals surface area (Å²) < 4.78 is 27.2. The van der Waals surface area contributed by atoms with E-state index in [2.05, 4.69) is 20.0 Å². The highest BCUT2D eigenvalue weighted by atomic mass is 32.2. The first-order valence-corrected chi connectivity index (χ1v) is 10.8. The summed E-state index contributed by atoms with van der Waals surface area (Å²) in [6.45, 7) is 2.39. The average molecular weight is 401 g/mol. The highest BCUT2D eigenvalue weighted by Gasteiger charge is 2.14. The zero-order valence-electron chi connectivity index (χ0n) is 15.7. The van der Waals surface area contributed by atoms with E-state index < -0.39 is 10.0 Å². The Morgan fingerprint density at radius 1 is 1.14 bits per heavy atom. The van der Waals surface area contributed by atoms with Crippen LogP contribution in [0.15, 0.2) is 53.4 Å². The predicted octanol–water partition coefficient (Wildman–Crippen LogP) is 3.21. The maximum absolute atomic E-state index is 12.3. The van der Waals surface area contributed by atoms with Crippen molar-refractivity contribution in [2.24, 2.45) is 0 Å². The molecule has 0 aliphatic heterocycles. The van der Waals surface area contributed by atoms with Gasteiger partial charge in [0.15, 0.2) is 0 Å². The second kappa shape index (κ2) is 8.99. The van der Waals surface area contributed by atoms with E-state index in [9.17, 15) is 13.2 Å². The number of imidazole rings is 1. The first kappa shape index (κ1) is 20.0. The first-order chi connectivity index (χ1) is 13.5. The van der Waals surface area contributed by atoms with Gasteiger partial charge < -0.3 is 10.3 Å². The number of unbranched alkanes of at least 4 members (excludes halogenated alkanes) is 1. The number of H-pyrrole nitrogens is 1. The van der Waals surface area contributed by atoms with Crippen LogP contribution in [0.25, 0.3) is 11.0 Å². The lowest BCUT2D eigenvalue weighted by Gasteiger charge is -2.09. The standard InChI is InChI=1S/C20H24N4O3S/c1-2-3-13-21-28(26,27)16-8-6-7-15(14-16)22-20(25)12-11-19-23-17-9-4-5-10-18(17)24-19/h4-10,14,21H,2-3,11-13H2,1H3,(H,22,25)(H,23,24). The third-order valence-electron chi connectivity index (χ3n) is 4.28. The molecule has 2 aromatic carbocycles. The van der Waals surface area contributed by atoms with Crippen molar-refractivity contribution in [3.05, 3.63) is 54.4 Å². The zero-order valence-corrected chi connectivity index (χ0v) is 16.6. The Kier molecular flexibility index (Phi) is 6.43. The molecule has 8 heteroatoms. The molecule has 0 spiro atoms. The Labute approximate surface area is 164 Å². The molecule has 28 heavy (non-hydrogen) atoms. The van der Waals surface area contributed by atoms with Gasteiger partial charge in [0.1, 0.15) is 5.82 Å². The number of hydrogen-bond donors (Lipinski definition) is 3. The normalized spacial score (nSPS) is 11.6. The summed E-state index contributed by atoms with van der Waals surface area (Å²) in [5.74, 6) is 0.543. The molecule has 3 rings (SSSR count). The fraction of sp³-hybridized carbons (Fsp3) is 0.300. The second-order valence-electron chi connectivity index (χ2n) is 6.53. The van der Waals surface area contributed by atoms with Gasteiger partial charge in [-0.1, -0.05) is 31.5 Å². The van der Waals surface area contributed by atoms with Gasteiger partial charge >= 0.3 is 0 Å². The van der Waals surface area contributed by atoms with E-state index in [0.717, 1.165) is 29.7 Å². The molecule has 0 radical (unpaired) electrons. The molecule has 0 fully saturated rings. The van der Waals surface area contributed by atoms with Gasteiger partial charge in [0.25, 0.3) is 0 Å². The molecule has 0 aliphatic rings. The number of para-hydroxylation sites is 2. The number of nitrogens with one attached hydrogen (secondary N) is 3. The second-order valence-corrected chi connectivity index (χ2v) is 8.29. The van der Waals surface area contributed by atoms with Crippen LogP contribution < -0.4 is 10.0 Å². The highest BCUT2D eigenvalue weighted by molar-refractivity contribution is 7.89. The molecular formula is C20H24N4O3S. The number of fused-ring (bicyclic) bond motifs is 1. The minimum Gasteiger partial charge on any atom is -0.342 e. The van der Waals surface area contributed by atoms with Gasteiger partial charge in [0, 0.05) is 25.1 Å². The molecule has 1 aromatic heterocycles. The van der Waals surface area contributed by atoms with Crippen molar-refractivity contribution in [2.75, 3.05) is 11.9 Å². The third kappa shape index (κ3) is 5.17. The Bertz CT molecular complexity index is 1030. The molecule has 0 atom stereocenters. The van der Waals surface area contributed by atoms with Gasteiger partial charge in [-0.25, -0.2) is 18.1 Å². The number of aromatic amines is 1. The number of carbonyl (C=O) groups is 1. The molecule has 0 unspecified atom stereocenters. The van der Waals surface area contributed by atoms with Crippen LogP contribution in [0.5, 0.6) is 0 Å². The number of sulfonamides is 1. The van der Waals surface area contributed by atoms with Crippen LogP contribution in [0, 0.1) is 0 Å². The monoisotopic (exact) mass is 400 g/mol. The summed E-state index contributed by atoms with van der Waals surface area (Å²) in [4.78, 5) is 20.0. The first-order valence-electron chi connectivity index (χ1n) is 9.31. The predicted molar refractivity (Wildman–Crippen MR) is 110 cm³/mol. The van der Waals surface area contributed by atoms with Gasteiger partial charge in [-0.3, -0.25) is 4.79 Å². The van der Waals surface area contributed by atoms with Crippen molar-refractivity contribution in [3.63, 3.8) is 0 Å². The molecule has 3 aromatic rings. The molecule has 1 amide bonds. The number of anilines is 1. The number of carbonyl (C=O) groups excluding carboxylic acids is 1. The minimum atomic E-state index is -3.58. The molecule has 3 N–H and O–H groups in total. The van der Waals surface area contributed by atoms with Gasteiger partial charge in [-0.2, -0.15) is 0 Å². The topological polar surface area (TPSA) is 104 Å². The molecule has 1 heterocycles. The molecule has 0 saturated heterocycles. The summed E-state index contributed by atoms with van der Waals surface area (Å²) in [5, 5.41) is 2.75. The van der Waals surface area contributed by atoms with Crippen LogP contribution in [-0.4, -0.2) is 30.8 Å². The fourth-order valence-corrected chi connectivity index (χ4v) is 3.91. The van der Waals surface area contributed by atoms with Gasteiger partial charge in [0.2, 0.25) is 15.9 Å². The van der Waals surface area contributed by atoms with Crippen LogP contribution in [-0.2, 0) is 21.2 Å². The van der Waals surface area contributed by atoms with Gasteiger partial charge in [-0.05, 0) is 36.8 Å². The number of aromatic nitrogens is 2. The Morgan fingerprint density at radius 2 is 1.96 bits per heavy atom. The number of aryl methyl sites for hydroxylation is 1. The van der Waals surface area contributed by atoms with E-state index in [1.54, 1.807) is 12.1 Å². The maximum atomic E-state index is 12.3. The average Bonchev–Trinajstić information content (AvgIpc) is 3.10. The summed E-state index contributed by atoms with van der Waals surface area (Å²) >= 11 is 0. The number of amides is 1. The third-order valence-corrected chi connectivity index (χ3v) is 5.74. The van der Waals surface area contributed by atoms with Crippen LogP contribution in [0.1, 0.15) is 32.0 Å². The SMILES string of the molecule is CCCCNS(=O)(=O)c1cccc(NC(=O)CCc2nc3ccccc3[nH]2)c1.